The van der Waals surface area contributed by atoms with E-state index in [4.69, 9.17) is 9.73 Å². The second-order valence-corrected chi connectivity index (χ2v) is 12.2. The van der Waals surface area contributed by atoms with Gasteiger partial charge in [-0.3, -0.25) is 19.0 Å². The Bertz CT molecular complexity index is 1570. The van der Waals surface area contributed by atoms with Crippen LogP contribution in [-0.2, 0) is 19.6 Å². The van der Waals surface area contributed by atoms with Crippen molar-refractivity contribution in [2.75, 3.05) is 61.8 Å². The van der Waals surface area contributed by atoms with Crippen LogP contribution in [0.4, 0.5) is 17.1 Å². The Morgan fingerprint density at radius 3 is 2.40 bits per heavy atom. The number of carbonyl (C=O) groups is 2. The number of amides is 1. The molecule has 0 aromatic heterocycles. The fourth-order valence-electron chi connectivity index (χ4n) is 5.27. The maximum Gasteiger partial charge on any atom is 0.338 e. The van der Waals surface area contributed by atoms with E-state index in [1.165, 1.54) is 10.6 Å². The van der Waals surface area contributed by atoms with Gasteiger partial charge in [0.1, 0.15) is 5.92 Å². The van der Waals surface area contributed by atoms with Gasteiger partial charge in [0.25, 0.3) is 0 Å². The standard InChI is InChI=1S/C31H35N5O5S/c1-3-41-31(38)23-9-14-26-27(21-23)34-30(37)28(26)29(22-7-5-4-6-8-22)33-24-10-12-25(13-11-24)36(42(2,39)40)20-19-35-17-15-32-16-18-35/h4-14,21,28,32H,3,15-20H2,1-2H3,(H,34,37). The number of carbonyl (C=O) groups excluding carboxylic acids is 2. The summed E-state index contributed by atoms with van der Waals surface area (Å²) in [7, 11) is -3.50. The summed E-state index contributed by atoms with van der Waals surface area (Å²) in [6, 6.07) is 21.5. The molecule has 0 spiro atoms. The molecule has 0 saturated carbocycles. The van der Waals surface area contributed by atoms with Crippen LogP contribution in [0.25, 0.3) is 0 Å². The number of anilines is 2. The third-order valence-electron chi connectivity index (χ3n) is 7.35. The highest BCUT2D eigenvalue weighted by atomic mass is 32.2. The molecule has 220 valence electrons. The van der Waals surface area contributed by atoms with E-state index in [-0.39, 0.29) is 12.5 Å². The monoisotopic (exact) mass is 589 g/mol. The largest absolute Gasteiger partial charge is 0.462 e. The number of nitrogens with one attached hydrogen (secondary N) is 2. The Morgan fingerprint density at radius 2 is 1.74 bits per heavy atom. The van der Waals surface area contributed by atoms with Crippen LogP contribution in [0.3, 0.4) is 0 Å². The summed E-state index contributed by atoms with van der Waals surface area (Å²) in [4.78, 5) is 32.7. The molecule has 0 aliphatic carbocycles. The van der Waals surface area contributed by atoms with Crippen molar-refractivity contribution < 1.29 is 22.7 Å². The van der Waals surface area contributed by atoms with E-state index >= 15 is 0 Å². The maximum absolute atomic E-state index is 13.3. The quantitative estimate of drug-likeness (QED) is 0.275. The van der Waals surface area contributed by atoms with Crippen molar-refractivity contribution in [3.8, 4) is 0 Å². The fraction of sp³-hybridized carbons (Fsp3) is 0.323. The first-order chi connectivity index (χ1) is 20.2. The van der Waals surface area contributed by atoms with Gasteiger partial charge in [0.15, 0.2) is 0 Å². The zero-order valence-electron chi connectivity index (χ0n) is 23.7. The molecule has 1 atom stereocenters. The van der Waals surface area contributed by atoms with Gasteiger partial charge in [0.2, 0.25) is 15.9 Å². The Hall–Kier alpha value is -4.06. The molecular formula is C31H35N5O5S. The fourth-order valence-corrected chi connectivity index (χ4v) is 6.18. The molecule has 10 nitrogen and oxygen atoms in total. The highest BCUT2D eigenvalue weighted by Gasteiger charge is 2.36. The van der Waals surface area contributed by atoms with Crippen LogP contribution in [-0.4, -0.2) is 83.0 Å². The highest BCUT2D eigenvalue weighted by molar-refractivity contribution is 7.92. The molecule has 2 aliphatic rings. The molecule has 3 aromatic carbocycles. The lowest BCUT2D eigenvalue weighted by atomic mass is 9.90. The average molecular weight is 590 g/mol. The second-order valence-electron chi connectivity index (χ2n) is 10.3. The number of esters is 1. The van der Waals surface area contributed by atoms with Gasteiger partial charge in [-0.05, 0) is 54.4 Å². The Kier molecular flexibility index (Phi) is 9.00. The van der Waals surface area contributed by atoms with Crippen LogP contribution in [0.1, 0.15) is 34.3 Å². The van der Waals surface area contributed by atoms with Gasteiger partial charge in [-0.25, -0.2) is 13.2 Å². The normalized spacial score (nSPS) is 17.4. The number of fused-ring (bicyclic) bond motifs is 1. The molecular weight excluding hydrogens is 554 g/mol. The lowest BCUT2D eigenvalue weighted by Gasteiger charge is -2.30. The van der Waals surface area contributed by atoms with E-state index in [2.05, 4.69) is 15.5 Å². The van der Waals surface area contributed by atoms with Gasteiger partial charge < -0.3 is 15.4 Å². The lowest BCUT2D eigenvalue weighted by molar-refractivity contribution is -0.115. The maximum atomic E-state index is 13.3. The third-order valence-corrected chi connectivity index (χ3v) is 8.55. The molecule has 0 radical (unpaired) electrons. The zero-order valence-corrected chi connectivity index (χ0v) is 24.6. The minimum Gasteiger partial charge on any atom is -0.462 e. The van der Waals surface area contributed by atoms with Crippen LogP contribution < -0.4 is 14.9 Å². The van der Waals surface area contributed by atoms with Gasteiger partial charge in [0.05, 0.1) is 35.5 Å². The van der Waals surface area contributed by atoms with E-state index in [0.29, 0.717) is 47.0 Å². The Balaban J connectivity index is 1.45. The molecule has 1 saturated heterocycles. The predicted molar refractivity (Wildman–Crippen MR) is 164 cm³/mol. The highest BCUT2D eigenvalue weighted by Crippen LogP contribution is 2.37. The number of hydrogen-bond donors (Lipinski definition) is 2. The Morgan fingerprint density at radius 1 is 1.02 bits per heavy atom. The third kappa shape index (κ3) is 6.70. The first-order valence-corrected chi connectivity index (χ1v) is 15.9. The first-order valence-electron chi connectivity index (χ1n) is 14.0. The zero-order chi connectivity index (χ0) is 29.7. The van der Waals surface area contributed by atoms with Gasteiger partial charge in [-0.15, -0.1) is 0 Å². The van der Waals surface area contributed by atoms with Gasteiger partial charge in [0, 0.05) is 45.0 Å². The van der Waals surface area contributed by atoms with Crippen LogP contribution in [0, 0.1) is 0 Å². The summed E-state index contributed by atoms with van der Waals surface area (Å²) in [5.74, 6) is -1.41. The summed E-state index contributed by atoms with van der Waals surface area (Å²) in [5, 5.41) is 6.20. The molecule has 1 fully saturated rings. The number of aliphatic imine (C=N–C) groups is 1. The average Bonchev–Trinajstić information content (AvgIpc) is 3.31. The van der Waals surface area contributed by atoms with Crippen molar-refractivity contribution in [1.82, 2.24) is 10.2 Å². The number of hydrogen-bond acceptors (Lipinski definition) is 8. The number of piperazine rings is 1. The molecule has 2 aliphatic heterocycles. The summed E-state index contributed by atoms with van der Waals surface area (Å²) in [6.07, 6.45) is 1.22. The van der Waals surface area contributed by atoms with Crippen LogP contribution in [0.15, 0.2) is 77.8 Å². The van der Waals surface area contributed by atoms with Crippen LogP contribution in [0.5, 0.6) is 0 Å². The summed E-state index contributed by atoms with van der Waals surface area (Å²) < 4.78 is 31.9. The number of ether oxygens (including phenoxy) is 1. The van der Waals surface area contributed by atoms with Crippen molar-refractivity contribution in [3.63, 3.8) is 0 Å². The number of sulfonamides is 1. The summed E-state index contributed by atoms with van der Waals surface area (Å²) in [5.41, 5.74) is 4.07. The van der Waals surface area contributed by atoms with E-state index in [0.717, 1.165) is 31.7 Å². The topological polar surface area (TPSA) is 120 Å². The van der Waals surface area contributed by atoms with E-state index in [1.54, 1.807) is 49.4 Å². The SMILES string of the molecule is CCOC(=O)c1ccc2c(c1)NC(=O)C2C(=Nc1ccc(N(CCN2CCNCC2)S(C)(=O)=O)cc1)c1ccccc1. The minimum absolute atomic E-state index is 0.249. The first kappa shape index (κ1) is 29.4. The summed E-state index contributed by atoms with van der Waals surface area (Å²) in [6.45, 7) is 6.54. The number of rotatable bonds is 10. The number of nitrogens with zero attached hydrogens (tertiary/aromatic N) is 3. The van der Waals surface area contributed by atoms with E-state index < -0.39 is 21.9 Å². The predicted octanol–water partition coefficient (Wildman–Crippen LogP) is 3.39. The molecule has 0 bridgehead atoms. The second kappa shape index (κ2) is 12.8. The summed E-state index contributed by atoms with van der Waals surface area (Å²) >= 11 is 0. The van der Waals surface area contributed by atoms with Crippen molar-refractivity contribution in [1.29, 1.82) is 0 Å². The smallest absolute Gasteiger partial charge is 0.338 e. The molecule has 1 unspecified atom stereocenters. The molecule has 1 amide bonds. The van der Waals surface area contributed by atoms with Gasteiger partial charge in [-0.1, -0.05) is 36.4 Å². The minimum atomic E-state index is -3.50. The Labute approximate surface area is 246 Å². The van der Waals surface area contributed by atoms with Crippen molar-refractivity contribution >= 4 is 44.7 Å². The van der Waals surface area contributed by atoms with Gasteiger partial charge >= 0.3 is 5.97 Å². The van der Waals surface area contributed by atoms with Crippen molar-refractivity contribution in [2.24, 2.45) is 4.99 Å². The van der Waals surface area contributed by atoms with Crippen molar-refractivity contribution in [3.05, 3.63) is 89.5 Å². The van der Waals surface area contributed by atoms with Crippen molar-refractivity contribution in [2.45, 2.75) is 12.8 Å². The molecule has 2 heterocycles. The molecule has 3 aromatic rings. The van der Waals surface area contributed by atoms with E-state index in [9.17, 15) is 18.0 Å². The molecule has 42 heavy (non-hydrogen) atoms. The molecule has 11 heteroatoms. The van der Waals surface area contributed by atoms with E-state index in [1.807, 2.05) is 30.3 Å². The lowest BCUT2D eigenvalue weighted by Crippen LogP contribution is -2.47. The van der Waals surface area contributed by atoms with Gasteiger partial charge in [-0.2, -0.15) is 0 Å². The van der Waals surface area contributed by atoms with Crippen LogP contribution in [0.2, 0.25) is 0 Å². The molecule has 5 rings (SSSR count). The number of benzene rings is 3. The van der Waals surface area contributed by atoms with Crippen LogP contribution >= 0.6 is 0 Å². The molecule has 2 N–H and O–H groups in total.